The smallest absolute Gasteiger partial charge is 0.0931 e. The second-order valence-electron chi connectivity index (χ2n) is 5.87. The Morgan fingerprint density at radius 1 is 1.42 bits per heavy atom. The largest absolute Gasteiger partial charge is 0.313 e. The highest BCUT2D eigenvalue weighted by Crippen LogP contribution is 2.23. The van der Waals surface area contributed by atoms with E-state index in [1.54, 1.807) is 11.3 Å². The normalized spacial score (nSPS) is 24.0. The van der Waals surface area contributed by atoms with E-state index in [4.69, 9.17) is 11.6 Å². The molecule has 0 radical (unpaired) electrons. The predicted octanol–water partition coefficient (Wildman–Crippen LogP) is 4.00. The van der Waals surface area contributed by atoms with Crippen molar-refractivity contribution in [3.63, 3.8) is 0 Å². The molecular weight excluding hydrogens is 276 g/mol. The lowest BCUT2D eigenvalue weighted by atomic mass is 9.87. The standard InChI is InChI=1S/C15H25ClN2S/c1-12-4-3-5-13(10-12)17-8-9-18(2)11-14-6-7-15(16)19-14/h6-7,12-13,17H,3-5,8-11H2,1-2H3. The highest BCUT2D eigenvalue weighted by molar-refractivity contribution is 7.16. The summed E-state index contributed by atoms with van der Waals surface area (Å²) in [4.78, 5) is 3.71. The summed E-state index contributed by atoms with van der Waals surface area (Å²) in [5.74, 6) is 0.900. The lowest BCUT2D eigenvalue weighted by molar-refractivity contribution is 0.275. The third-order valence-corrected chi connectivity index (χ3v) is 5.13. The molecule has 2 unspecified atom stereocenters. The lowest BCUT2D eigenvalue weighted by Gasteiger charge is -2.28. The van der Waals surface area contributed by atoms with Gasteiger partial charge in [0.15, 0.2) is 0 Å². The van der Waals surface area contributed by atoms with Crippen LogP contribution in [0.1, 0.15) is 37.5 Å². The number of likely N-dealkylation sites (N-methyl/N-ethyl adjacent to an activating group) is 1. The Labute approximate surface area is 126 Å². The summed E-state index contributed by atoms with van der Waals surface area (Å²) in [7, 11) is 2.18. The van der Waals surface area contributed by atoms with E-state index in [1.165, 1.54) is 30.6 Å². The maximum atomic E-state index is 5.95. The maximum Gasteiger partial charge on any atom is 0.0931 e. The van der Waals surface area contributed by atoms with Crippen molar-refractivity contribution in [1.29, 1.82) is 0 Å². The monoisotopic (exact) mass is 300 g/mol. The van der Waals surface area contributed by atoms with Crippen molar-refractivity contribution in [3.05, 3.63) is 21.3 Å². The number of nitrogens with one attached hydrogen (secondary N) is 1. The molecule has 1 aromatic heterocycles. The molecule has 0 aliphatic heterocycles. The Kier molecular flexibility index (Phi) is 6.14. The summed E-state index contributed by atoms with van der Waals surface area (Å²) >= 11 is 7.63. The third-order valence-electron chi connectivity index (χ3n) is 3.92. The van der Waals surface area contributed by atoms with E-state index in [2.05, 4.69) is 30.3 Å². The van der Waals surface area contributed by atoms with E-state index >= 15 is 0 Å². The lowest BCUT2D eigenvalue weighted by Crippen LogP contribution is -2.38. The number of hydrogen-bond acceptors (Lipinski definition) is 3. The summed E-state index contributed by atoms with van der Waals surface area (Å²) in [6, 6.07) is 4.85. The first-order valence-corrected chi connectivity index (χ1v) is 8.49. The first-order valence-electron chi connectivity index (χ1n) is 7.29. The van der Waals surface area contributed by atoms with Crippen LogP contribution in [0.15, 0.2) is 12.1 Å². The maximum absolute atomic E-state index is 5.95. The number of thiophene rings is 1. The molecule has 2 rings (SSSR count). The Bertz CT molecular complexity index is 380. The Balaban J connectivity index is 1.62. The van der Waals surface area contributed by atoms with Gasteiger partial charge in [0.05, 0.1) is 4.34 Å². The molecule has 1 fully saturated rings. The molecule has 2 atom stereocenters. The van der Waals surface area contributed by atoms with Crippen LogP contribution < -0.4 is 5.32 Å². The minimum atomic E-state index is 0.744. The summed E-state index contributed by atoms with van der Waals surface area (Å²) in [5.41, 5.74) is 0. The molecule has 4 heteroatoms. The average molecular weight is 301 g/mol. The van der Waals surface area contributed by atoms with Gasteiger partial charge in [-0.05, 0) is 37.9 Å². The van der Waals surface area contributed by atoms with Crippen LogP contribution in [-0.2, 0) is 6.54 Å². The number of halogens is 1. The van der Waals surface area contributed by atoms with Gasteiger partial charge in [0.2, 0.25) is 0 Å². The van der Waals surface area contributed by atoms with E-state index < -0.39 is 0 Å². The van der Waals surface area contributed by atoms with E-state index in [-0.39, 0.29) is 0 Å². The fraction of sp³-hybridized carbons (Fsp3) is 0.733. The van der Waals surface area contributed by atoms with E-state index in [0.29, 0.717) is 0 Å². The third kappa shape index (κ3) is 5.42. The molecule has 0 aromatic carbocycles. The number of nitrogens with zero attached hydrogens (tertiary/aromatic N) is 1. The SMILES string of the molecule is CC1CCCC(NCCN(C)Cc2ccc(Cl)s2)C1. The zero-order valence-electron chi connectivity index (χ0n) is 12.0. The molecule has 0 saturated heterocycles. The molecule has 1 saturated carbocycles. The van der Waals surface area contributed by atoms with Crippen molar-refractivity contribution in [2.24, 2.45) is 5.92 Å². The van der Waals surface area contributed by atoms with Crippen molar-refractivity contribution in [2.75, 3.05) is 20.1 Å². The molecule has 1 heterocycles. The molecule has 108 valence electrons. The van der Waals surface area contributed by atoms with Crippen LogP contribution >= 0.6 is 22.9 Å². The highest BCUT2D eigenvalue weighted by Gasteiger charge is 2.17. The van der Waals surface area contributed by atoms with Crippen LogP contribution in [0.2, 0.25) is 4.34 Å². The molecule has 1 N–H and O–H groups in total. The molecule has 0 spiro atoms. The van der Waals surface area contributed by atoms with Gasteiger partial charge in [-0.25, -0.2) is 0 Å². The summed E-state index contributed by atoms with van der Waals surface area (Å²) in [6.07, 6.45) is 5.51. The summed E-state index contributed by atoms with van der Waals surface area (Å²) in [6.45, 7) is 5.56. The van der Waals surface area contributed by atoms with Gasteiger partial charge in [0.1, 0.15) is 0 Å². The quantitative estimate of drug-likeness (QED) is 0.854. The summed E-state index contributed by atoms with van der Waals surface area (Å²) < 4.78 is 0.887. The van der Waals surface area contributed by atoms with Crippen LogP contribution in [0.25, 0.3) is 0 Å². The van der Waals surface area contributed by atoms with Crippen molar-refractivity contribution in [3.8, 4) is 0 Å². The second kappa shape index (κ2) is 7.63. The van der Waals surface area contributed by atoms with Gasteiger partial charge in [0.25, 0.3) is 0 Å². The number of hydrogen-bond donors (Lipinski definition) is 1. The first-order chi connectivity index (χ1) is 9.13. The van der Waals surface area contributed by atoms with E-state index in [0.717, 1.165) is 35.9 Å². The minimum absolute atomic E-state index is 0.744. The predicted molar refractivity (Wildman–Crippen MR) is 85.1 cm³/mol. The molecule has 0 bridgehead atoms. The van der Waals surface area contributed by atoms with Gasteiger partial charge in [-0.3, -0.25) is 0 Å². The van der Waals surface area contributed by atoms with Crippen LogP contribution in [0.4, 0.5) is 0 Å². The first kappa shape index (κ1) is 15.3. The second-order valence-corrected chi connectivity index (χ2v) is 7.67. The molecule has 19 heavy (non-hydrogen) atoms. The van der Waals surface area contributed by atoms with Gasteiger partial charge in [-0.1, -0.05) is 31.4 Å². The molecule has 2 nitrogen and oxygen atoms in total. The van der Waals surface area contributed by atoms with Crippen molar-refractivity contribution >= 4 is 22.9 Å². The van der Waals surface area contributed by atoms with Gasteiger partial charge < -0.3 is 10.2 Å². The Morgan fingerprint density at radius 2 is 2.26 bits per heavy atom. The molecule has 0 amide bonds. The fourth-order valence-electron chi connectivity index (χ4n) is 2.86. The van der Waals surface area contributed by atoms with Gasteiger partial charge >= 0.3 is 0 Å². The fourth-order valence-corrected chi connectivity index (χ4v) is 4.03. The van der Waals surface area contributed by atoms with Crippen LogP contribution in [-0.4, -0.2) is 31.1 Å². The highest BCUT2D eigenvalue weighted by atomic mass is 35.5. The Morgan fingerprint density at radius 3 is 2.95 bits per heavy atom. The summed E-state index contributed by atoms with van der Waals surface area (Å²) in [5, 5.41) is 3.71. The van der Waals surface area contributed by atoms with Crippen LogP contribution in [0.5, 0.6) is 0 Å². The average Bonchev–Trinajstić information content (AvgIpc) is 2.75. The Hall–Kier alpha value is -0.0900. The van der Waals surface area contributed by atoms with Crippen molar-refractivity contribution < 1.29 is 0 Å². The molecule has 1 aliphatic carbocycles. The molecule has 1 aliphatic rings. The van der Waals surface area contributed by atoms with Crippen LogP contribution in [0, 0.1) is 5.92 Å². The molecular formula is C15H25ClN2S. The van der Waals surface area contributed by atoms with Gasteiger partial charge in [0, 0.05) is 30.6 Å². The molecule has 1 aromatic rings. The van der Waals surface area contributed by atoms with Crippen LogP contribution in [0.3, 0.4) is 0 Å². The zero-order valence-corrected chi connectivity index (χ0v) is 13.6. The van der Waals surface area contributed by atoms with Gasteiger partial charge in [-0.15, -0.1) is 11.3 Å². The zero-order chi connectivity index (χ0) is 13.7. The van der Waals surface area contributed by atoms with E-state index in [1.807, 2.05) is 6.07 Å². The van der Waals surface area contributed by atoms with Crippen molar-refractivity contribution in [2.45, 2.75) is 45.2 Å². The minimum Gasteiger partial charge on any atom is -0.313 e. The van der Waals surface area contributed by atoms with Crippen molar-refractivity contribution in [1.82, 2.24) is 10.2 Å². The topological polar surface area (TPSA) is 15.3 Å². The van der Waals surface area contributed by atoms with E-state index in [9.17, 15) is 0 Å². The van der Waals surface area contributed by atoms with Gasteiger partial charge in [-0.2, -0.15) is 0 Å². The number of rotatable bonds is 6.